The van der Waals surface area contributed by atoms with Gasteiger partial charge in [-0.05, 0) is 60.9 Å². The van der Waals surface area contributed by atoms with Crippen molar-refractivity contribution in [1.82, 2.24) is 5.32 Å². The van der Waals surface area contributed by atoms with Crippen LogP contribution in [0, 0.1) is 6.92 Å². The van der Waals surface area contributed by atoms with E-state index in [1.165, 1.54) is 0 Å². The lowest BCUT2D eigenvalue weighted by Gasteiger charge is -2.09. The van der Waals surface area contributed by atoms with Gasteiger partial charge in [-0.3, -0.25) is 9.00 Å². The van der Waals surface area contributed by atoms with E-state index in [9.17, 15) is 9.00 Å². The topological polar surface area (TPSA) is 77.8 Å². The van der Waals surface area contributed by atoms with Crippen molar-refractivity contribution in [2.75, 3.05) is 20.8 Å². The Kier molecular flexibility index (Phi) is 7.30. The van der Waals surface area contributed by atoms with E-state index in [0.29, 0.717) is 30.2 Å². The number of methoxy groups -OCH3 is 2. The quantitative estimate of drug-likeness (QED) is 0.561. The van der Waals surface area contributed by atoms with Gasteiger partial charge in [0.15, 0.2) is 17.3 Å². The maximum Gasteiger partial charge on any atom is 0.287 e. The lowest BCUT2D eigenvalue weighted by molar-refractivity contribution is 0.0925. The van der Waals surface area contributed by atoms with E-state index >= 15 is 0 Å². The van der Waals surface area contributed by atoms with Gasteiger partial charge in [-0.15, -0.1) is 0 Å². The first-order valence-corrected chi connectivity index (χ1v) is 10.8. The molecule has 0 saturated heterocycles. The maximum atomic E-state index is 12.5. The number of ether oxygens (including phenoxy) is 2. The lowest BCUT2D eigenvalue weighted by Crippen LogP contribution is -2.25. The van der Waals surface area contributed by atoms with Crippen LogP contribution in [0.2, 0.25) is 0 Å². The van der Waals surface area contributed by atoms with Crippen LogP contribution in [0.5, 0.6) is 11.5 Å². The molecule has 1 amide bonds. The van der Waals surface area contributed by atoms with Crippen molar-refractivity contribution in [3.63, 3.8) is 0 Å². The normalized spacial score (nSPS) is 11.7. The Morgan fingerprint density at radius 3 is 2.57 bits per heavy atom. The van der Waals surface area contributed by atoms with Crippen LogP contribution in [0.25, 0.3) is 0 Å². The third kappa shape index (κ3) is 5.51. The molecule has 158 valence electrons. The van der Waals surface area contributed by atoms with E-state index in [2.05, 4.69) is 5.32 Å². The number of hydrogen-bond acceptors (Lipinski definition) is 5. The molecule has 7 heteroatoms. The van der Waals surface area contributed by atoms with Gasteiger partial charge in [-0.25, -0.2) is 0 Å². The fourth-order valence-electron chi connectivity index (χ4n) is 2.99. The monoisotopic (exact) mass is 427 g/mol. The minimum absolute atomic E-state index is 0.207. The second kappa shape index (κ2) is 10.1. The molecule has 30 heavy (non-hydrogen) atoms. The van der Waals surface area contributed by atoms with Crippen LogP contribution in [0.3, 0.4) is 0 Å². The van der Waals surface area contributed by atoms with Gasteiger partial charge in [0.25, 0.3) is 5.91 Å². The van der Waals surface area contributed by atoms with E-state index in [1.807, 2.05) is 49.4 Å². The Bertz CT molecular complexity index is 1040. The second-order valence-corrected chi connectivity index (χ2v) is 8.22. The average molecular weight is 428 g/mol. The molecule has 0 radical (unpaired) electrons. The summed E-state index contributed by atoms with van der Waals surface area (Å²) in [4.78, 5) is 13.1. The zero-order valence-corrected chi connectivity index (χ0v) is 18.1. The number of carbonyl (C=O) groups is 1. The summed E-state index contributed by atoms with van der Waals surface area (Å²) in [6.45, 7) is 2.40. The van der Waals surface area contributed by atoms with Crippen LogP contribution in [0.15, 0.2) is 63.9 Å². The summed E-state index contributed by atoms with van der Waals surface area (Å²) >= 11 is 0. The maximum absolute atomic E-state index is 12.5. The largest absolute Gasteiger partial charge is 0.493 e. The highest BCUT2D eigenvalue weighted by Crippen LogP contribution is 2.27. The Labute approximate surface area is 178 Å². The molecule has 3 rings (SSSR count). The van der Waals surface area contributed by atoms with E-state index in [4.69, 9.17) is 13.9 Å². The molecule has 6 nitrogen and oxygen atoms in total. The minimum Gasteiger partial charge on any atom is -0.493 e. The zero-order chi connectivity index (χ0) is 21.5. The SMILES string of the molecule is COc1ccc(CCNC(=O)c2ccc(CS(=O)c3cccc(C)c3)o2)cc1OC. The van der Waals surface area contributed by atoms with Gasteiger partial charge in [-0.1, -0.05) is 18.2 Å². The van der Waals surface area contributed by atoms with Crippen molar-refractivity contribution < 1.29 is 22.9 Å². The highest BCUT2D eigenvalue weighted by molar-refractivity contribution is 7.84. The average Bonchev–Trinajstić information content (AvgIpc) is 3.22. The highest BCUT2D eigenvalue weighted by atomic mass is 32.2. The summed E-state index contributed by atoms with van der Waals surface area (Å²) in [6, 6.07) is 16.5. The van der Waals surface area contributed by atoms with Crippen molar-refractivity contribution in [3.05, 3.63) is 77.2 Å². The van der Waals surface area contributed by atoms with Gasteiger partial charge >= 0.3 is 0 Å². The molecule has 0 bridgehead atoms. The highest BCUT2D eigenvalue weighted by Gasteiger charge is 2.14. The molecule has 3 aromatic rings. The van der Waals surface area contributed by atoms with Crippen molar-refractivity contribution >= 4 is 16.7 Å². The van der Waals surface area contributed by atoms with E-state index in [-0.39, 0.29) is 17.4 Å². The van der Waals surface area contributed by atoms with Crippen LogP contribution in [-0.4, -0.2) is 30.9 Å². The second-order valence-electron chi connectivity index (χ2n) is 6.77. The molecular formula is C23H25NO5S. The fourth-order valence-corrected chi connectivity index (χ4v) is 4.12. The molecule has 1 unspecified atom stereocenters. The van der Waals surface area contributed by atoms with Crippen molar-refractivity contribution in [2.45, 2.75) is 24.0 Å². The molecule has 2 aromatic carbocycles. The number of hydrogen-bond donors (Lipinski definition) is 1. The molecule has 0 aliphatic rings. The summed E-state index contributed by atoms with van der Waals surface area (Å²) in [5.41, 5.74) is 2.07. The summed E-state index contributed by atoms with van der Waals surface area (Å²) in [5.74, 6) is 1.96. The Morgan fingerprint density at radius 2 is 1.83 bits per heavy atom. The van der Waals surface area contributed by atoms with Crippen molar-refractivity contribution in [3.8, 4) is 11.5 Å². The molecule has 1 aromatic heterocycles. The third-order valence-corrected chi connectivity index (χ3v) is 5.88. The molecule has 0 aliphatic carbocycles. The third-order valence-electron chi connectivity index (χ3n) is 4.56. The number of amides is 1. The molecule has 0 spiro atoms. The van der Waals surface area contributed by atoms with Crippen molar-refractivity contribution in [2.24, 2.45) is 0 Å². The molecule has 0 aliphatic heterocycles. The van der Waals surface area contributed by atoms with Gasteiger partial charge in [0, 0.05) is 11.4 Å². The van der Waals surface area contributed by atoms with Crippen molar-refractivity contribution in [1.29, 1.82) is 0 Å². The van der Waals surface area contributed by atoms with Gasteiger partial charge in [0.05, 0.1) is 30.8 Å². The number of furan rings is 1. The predicted octanol–water partition coefficient (Wildman–Crippen LogP) is 3.89. The first kappa shape index (κ1) is 21.6. The lowest BCUT2D eigenvalue weighted by atomic mass is 10.1. The number of aryl methyl sites for hydroxylation is 1. The van der Waals surface area contributed by atoms with Crippen LogP contribution >= 0.6 is 0 Å². The van der Waals surface area contributed by atoms with Gasteiger partial charge in [0.1, 0.15) is 5.76 Å². The Balaban J connectivity index is 1.53. The number of benzene rings is 2. The minimum atomic E-state index is -1.23. The fraction of sp³-hybridized carbons (Fsp3) is 0.261. The molecule has 1 atom stereocenters. The Hall–Kier alpha value is -3.06. The summed E-state index contributed by atoms with van der Waals surface area (Å²) < 4.78 is 28.6. The van der Waals surface area contributed by atoms with E-state index < -0.39 is 10.8 Å². The molecule has 0 saturated carbocycles. The predicted molar refractivity (Wildman–Crippen MR) is 116 cm³/mol. The molecular weight excluding hydrogens is 402 g/mol. The smallest absolute Gasteiger partial charge is 0.287 e. The summed E-state index contributed by atoms with van der Waals surface area (Å²) in [7, 11) is 1.95. The molecule has 0 fully saturated rings. The first-order chi connectivity index (χ1) is 14.5. The molecule has 1 heterocycles. The number of rotatable bonds is 9. The van der Waals surface area contributed by atoms with Crippen LogP contribution in [0.4, 0.5) is 0 Å². The molecule has 1 N–H and O–H groups in total. The van der Waals surface area contributed by atoms with Gasteiger partial charge in [0.2, 0.25) is 0 Å². The Morgan fingerprint density at radius 1 is 1.03 bits per heavy atom. The standard InChI is InChI=1S/C23H25NO5S/c1-16-5-4-6-19(13-16)30(26)15-18-8-10-21(29-18)23(25)24-12-11-17-7-9-20(27-2)22(14-17)28-3/h4-10,13-14H,11-12,15H2,1-3H3,(H,24,25). The van der Waals surface area contributed by atoms with Crippen LogP contribution in [0.1, 0.15) is 27.4 Å². The van der Waals surface area contributed by atoms with Crippen LogP contribution in [-0.2, 0) is 23.0 Å². The van der Waals surface area contributed by atoms with Crippen LogP contribution < -0.4 is 14.8 Å². The first-order valence-electron chi connectivity index (χ1n) is 9.53. The van der Waals surface area contributed by atoms with Gasteiger partial charge < -0.3 is 19.2 Å². The number of nitrogens with one attached hydrogen (secondary N) is 1. The van der Waals surface area contributed by atoms with E-state index in [0.717, 1.165) is 16.0 Å². The zero-order valence-electron chi connectivity index (χ0n) is 17.3. The summed E-state index contributed by atoms with van der Waals surface area (Å²) in [6.07, 6.45) is 0.636. The summed E-state index contributed by atoms with van der Waals surface area (Å²) in [5, 5.41) is 2.84. The van der Waals surface area contributed by atoms with E-state index in [1.54, 1.807) is 26.4 Å². The number of carbonyl (C=O) groups excluding carboxylic acids is 1. The van der Waals surface area contributed by atoms with Gasteiger partial charge in [-0.2, -0.15) is 0 Å².